The van der Waals surface area contributed by atoms with E-state index in [2.05, 4.69) is 4.98 Å². The molecule has 1 aromatic rings. The molecule has 0 aromatic carbocycles. The number of ether oxygens (including phenoxy) is 3. The summed E-state index contributed by atoms with van der Waals surface area (Å²) >= 11 is 0. The molecule has 3 amide bonds. The number of pyridine rings is 1. The van der Waals surface area contributed by atoms with Gasteiger partial charge in [-0.25, -0.2) is 14.5 Å². The largest absolute Gasteiger partial charge is 0.447 e. The van der Waals surface area contributed by atoms with Crippen molar-refractivity contribution in [2.45, 2.75) is 51.6 Å². The smallest absolute Gasteiger partial charge is 0.416 e. The topological polar surface area (TPSA) is 98.3 Å². The van der Waals surface area contributed by atoms with E-state index in [0.29, 0.717) is 5.69 Å². The van der Waals surface area contributed by atoms with E-state index >= 15 is 0 Å². The molecule has 1 aliphatic carbocycles. The number of amides is 3. The van der Waals surface area contributed by atoms with Crippen LogP contribution in [0.15, 0.2) is 24.4 Å². The van der Waals surface area contributed by atoms with Gasteiger partial charge in [0.2, 0.25) is 5.91 Å². The number of aromatic nitrogens is 1. The van der Waals surface area contributed by atoms with Crippen LogP contribution in [0.3, 0.4) is 0 Å². The van der Waals surface area contributed by atoms with Crippen LogP contribution >= 0.6 is 0 Å². The molecule has 0 spiro atoms. The van der Waals surface area contributed by atoms with Crippen molar-refractivity contribution in [1.82, 2.24) is 14.8 Å². The molecule has 2 rings (SSSR count). The Labute approximate surface area is 177 Å². The summed E-state index contributed by atoms with van der Waals surface area (Å²) in [6.07, 6.45) is 6.05. The number of rotatable bonds is 9. The number of nitrogens with zero attached hydrogens (tertiary/aromatic N) is 3. The molecular formula is C21H31N3O6. The van der Waals surface area contributed by atoms with Crippen LogP contribution < -0.4 is 0 Å². The van der Waals surface area contributed by atoms with Gasteiger partial charge in [0.05, 0.1) is 25.5 Å². The van der Waals surface area contributed by atoms with Crippen molar-refractivity contribution in [2.24, 2.45) is 0 Å². The Hall–Kier alpha value is -2.68. The highest BCUT2D eigenvalue weighted by Crippen LogP contribution is 2.21. The summed E-state index contributed by atoms with van der Waals surface area (Å²) in [7, 11) is 1.77. The predicted molar refractivity (Wildman–Crippen MR) is 109 cm³/mol. The Balaban J connectivity index is 1.58. The fraction of sp³-hybridized carbons (Fsp3) is 0.619. The zero-order chi connectivity index (χ0) is 21.8. The lowest BCUT2D eigenvalue weighted by atomic mass is 9.95. The van der Waals surface area contributed by atoms with Gasteiger partial charge in [0.1, 0.15) is 13.2 Å². The third-order valence-corrected chi connectivity index (χ3v) is 4.96. The van der Waals surface area contributed by atoms with Crippen LogP contribution in [-0.2, 0) is 25.5 Å². The molecule has 1 aliphatic rings. The maximum atomic E-state index is 12.1. The van der Waals surface area contributed by atoms with Gasteiger partial charge in [0.25, 0.3) is 0 Å². The first-order valence-corrected chi connectivity index (χ1v) is 10.3. The van der Waals surface area contributed by atoms with Crippen molar-refractivity contribution in [3.05, 3.63) is 30.1 Å². The minimum absolute atomic E-state index is 0.0131. The molecule has 1 aromatic heterocycles. The van der Waals surface area contributed by atoms with Crippen molar-refractivity contribution in [1.29, 1.82) is 0 Å². The first-order valence-electron chi connectivity index (χ1n) is 10.3. The second-order valence-electron chi connectivity index (χ2n) is 7.17. The molecule has 9 nitrogen and oxygen atoms in total. The predicted octanol–water partition coefficient (Wildman–Crippen LogP) is 2.98. The highest BCUT2D eigenvalue weighted by molar-refractivity contribution is 5.90. The third-order valence-electron chi connectivity index (χ3n) is 4.96. The third kappa shape index (κ3) is 7.98. The molecule has 0 bridgehead atoms. The zero-order valence-electron chi connectivity index (χ0n) is 17.7. The number of carbonyl (C=O) groups is 3. The van der Waals surface area contributed by atoms with Crippen molar-refractivity contribution in [3.63, 3.8) is 0 Å². The van der Waals surface area contributed by atoms with Crippen LogP contribution in [0.5, 0.6) is 0 Å². The Bertz CT molecular complexity index is 679. The van der Waals surface area contributed by atoms with Crippen LogP contribution in [0.25, 0.3) is 0 Å². The van der Waals surface area contributed by atoms with Crippen LogP contribution in [0.2, 0.25) is 0 Å². The highest BCUT2D eigenvalue weighted by atomic mass is 16.6. The second-order valence-corrected chi connectivity index (χ2v) is 7.17. The molecule has 0 unspecified atom stereocenters. The van der Waals surface area contributed by atoms with E-state index in [4.69, 9.17) is 14.2 Å². The molecule has 1 heterocycles. The van der Waals surface area contributed by atoms with Crippen LogP contribution in [0, 0.1) is 0 Å². The SMILES string of the molecule is CC(=O)N(Cc1ccccn1)C(=O)OCCOCCOC(=O)N(C)C1CCCCC1. The molecule has 0 atom stereocenters. The highest BCUT2D eigenvalue weighted by Gasteiger charge is 2.23. The number of hydrogen-bond donors (Lipinski definition) is 0. The summed E-state index contributed by atoms with van der Waals surface area (Å²) < 4.78 is 15.6. The summed E-state index contributed by atoms with van der Waals surface area (Å²) in [5.74, 6) is -0.430. The minimum Gasteiger partial charge on any atom is -0.447 e. The fourth-order valence-electron chi connectivity index (χ4n) is 3.23. The molecular weight excluding hydrogens is 390 g/mol. The van der Waals surface area contributed by atoms with E-state index < -0.39 is 12.0 Å². The van der Waals surface area contributed by atoms with E-state index in [0.717, 1.165) is 30.6 Å². The average Bonchev–Trinajstić information content (AvgIpc) is 2.77. The van der Waals surface area contributed by atoms with E-state index in [9.17, 15) is 14.4 Å². The fourth-order valence-corrected chi connectivity index (χ4v) is 3.23. The van der Waals surface area contributed by atoms with Gasteiger partial charge in [-0.2, -0.15) is 0 Å². The quantitative estimate of drug-likeness (QED) is 0.565. The van der Waals surface area contributed by atoms with Crippen molar-refractivity contribution >= 4 is 18.1 Å². The van der Waals surface area contributed by atoms with Crippen molar-refractivity contribution < 1.29 is 28.6 Å². The average molecular weight is 421 g/mol. The van der Waals surface area contributed by atoms with E-state index in [1.165, 1.54) is 13.3 Å². The van der Waals surface area contributed by atoms with Crippen molar-refractivity contribution in [3.8, 4) is 0 Å². The molecule has 1 fully saturated rings. The number of hydrogen-bond acceptors (Lipinski definition) is 7. The van der Waals surface area contributed by atoms with Gasteiger partial charge in [-0.3, -0.25) is 9.78 Å². The monoisotopic (exact) mass is 421 g/mol. The lowest BCUT2D eigenvalue weighted by molar-refractivity contribution is -0.127. The second kappa shape index (κ2) is 12.8. The maximum Gasteiger partial charge on any atom is 0.416 e. The Kier molecular flexibility index (Phi) is 10.1. The van der Waals surface area contributed by atoms with E-state index in [1.54, 1.807) is 36.3 Å². The Morgan fingerprint density at radius 1 is 1.00 bits per heavy atom. The van der Waals surface area contributed by atoms with E-state index in [-0.39, 0.29) is 45.1 Å². The summed E-state index contributed by atoms with van der Waals surface area (Å²) in [5.41, 5.74) is 0.584. The Morgan fingerprint density at radius 3 is 2.27 bits per heavy atom. The Morgan fingerprint density at radius 2 is 1.67 bits per heavy atom. The van der Waals surface area contributed by atoms with Gasteiger partial charge in [0, 0.05) is 26.2 Å². The normalized spacial score (nSPS) is 14.1. The zero-order valence-corrected chi connectivity index (χ0v) is 17.7. The van der Waals surface area contributed by atoms with E-state index in [1.807, 2.05) is 0 Å². The van der Waals surface area contributed by atoms with Gasteiger partial charge in [-0.1, -0.05) is 25.3 Å². The van der Waals surface area contributed by atoms with Crippen LogP contribution in [0.4, 0.5) is 9.59 Å². The molecule has 0 radical (unpaired) electrons. The molecule has 0 aliphatic heterocycles. The van der Waals surface area contributed by atoms with Gasteiger partial charge in [-0.15, -0.1) is 0 Å². The van der Waals surface area contributed by atoms with Gasteiger partial charge in [0.15, 0.2) is 0 Å². The summed E-state index contributed by atoms with van der Waals surface area (Å²) in [6, 6.07) is 5.50. The molecule has 1 saturated carbocycles. The maximum absolute atomic E-state index is 12.1. The standard InChI is InChI=1S/C21H31N3O6/c1-17(25)24(16-18-8-6-7-11-22-18)21(27)30-15-13-28-12-14-29-20(26)23(2)19-9-4-3-5-10-19/h6-8,11,19H,3-5,9-10,12-16H2,1-2H3. The molecule has 0 N–H and O–H groups in total. The van der Waals surface area contributed by atoms with Crippen molar-refractivity contribution in [2.75, 3.05) is 33.5 Å². The number of carbonyl (C=O) groups excluding carboxylic acids is 3. The molecule has 0 saturated heterocycles. The summed E-state index contributed by atoms with van der Waals surface area (Å²) in [5, 5.41) is 0. The van der Waals surface area contributed by atoms with Crippen LogP contribution in [0.1, 0.15) is 44.7 Å². The molecule has 166 valence electrons. The first-order chi connectivity index (χ1) is 14.5. The molecule has 30 heavy (non-hydrogen) atoms. The lowest BCUT2D eigenvalue weighted by Crippen LogP contribution is -2.39. The summed E-state index contributed by atoms with van der Waals surface area (Å²) in [4.78, 5) is 42.6. The van der Waals surface area contributed by atoms with Crippen LogP contribution in [-0.4, -0.2) is 72.4 Å². The summed E-state index contributed by atoms with van der Waals surface area (Å²) in [6.45, 7) is 1.78. The van der Waals surface area contributed by atoms with Gasteiger partial charge in [-0.05, 0) is 25.0 Å². The van der Waals surface area contributed by atoms with Gasteiger partial charge >= 0.3 is 12.2 Å². The van der Waals surface area contributed by atoms with Gasteiger partial charge < -0.3 is 19.1 Å². The first kappa shape index (κ1) is 23.6. The molecule has 9 heteroatoms. The minimum atomic E-state index is -0.753. The lowest BCUT2D eigenvalue weighted by Gasteiger charge is -2.30. The number of imide groups is 1.